The van der Waals surface area contributed by atoms with E-state index in [9.17, 15) is 4.79 Å². The lowest BCUT2D eigenvalue weighted by Crippen LogP contribution is -2.13. The number of methoxy groups -OCH3 is 1. The van der Waals surface area contributed by atoms with Crippen LogP contribution in [0.2, 0.25) is 0 Å². The van der Waals surface area contributed by atoms with Crippen LogP contribution in [0.25, 0.3) is 0 Å². The monoisotopic (exact) mass is 206 g/mol. The van der Waals surface area contributed by atoms with Gasteiger partial charge in [0.25, 0.3) is 0 Å². The number of rotatable bonds is 5. The molecule has 1 aromatic rings. The van der Waals surface area contributed by atoms with E-state index in [0.717, 1.165) is 12.0 Å². The normalized spacial score (nSPS) is 9.40. The van der Waals surface area contributed by atoms with Gasteiger partial charge in [0.05, 0.1) is 7.11 Å². The Hall–Kier alpha value is -1.77. The molecule has 15 heavy (non-hydrogen) atoms. The van der Waals surface area contributed by atoms with Gasteiger partial charge in [-0.05, 0) is 18.1 Å². The van der Waals surface area contributed by atoms with Crippen LogP contribution < -0.4 is 4.74 Å². The summed E-state index contributed by atoms with van der Waals surface area (Å²) in [6, 6.07) is 7.54. The molecule has 0 amide bonds. The molecule has 0 saturated heterocycles. The first-order valence-corrected chi connectivity index (χ1v) is 4.66. The Balaban J connectivity index is 2.66. The summed E-state index contributed by atoms with van der Waals surface area (Å²) in [5.74, 6) is 0.311. The number of ether oxygens (including phenoxy) is 2. The third kappa shape index (κ3) is 3.46. The summed E-state index contributed by atoms with van der Waals surface area (Å²) in [6.45, 7) is 3.60. The molecule has 1 aromatic carbocycles. The van der Waals surface area contributed by atoms with E-state index in [-0.39, 0.29) is 12.6 Å². The summed E-state index contributed by atoms with van der Waals surface area (Å²) in [5.41, 5.74) is 1.01. The molecule has 0 unspecified atom stereocenters. The maximum atomic E-state index is 10.9. The number of carbonyl (C=O) groups is 1. The molecule has 0 spiro atoms. The average Bonchev–Trinajstić information content (AvgIpc) is 2.28. The Morgan fingerprint density at radius 2 is 2.20 bits per heavy atom. The van der Waals surface area contributed by atoms with Gasteiger partial charge >= 0.3 is 5.97 Å². The van der Waals surface area contributed by atoms with Gasteiger partial charge in [-0.3, -0.25) is 0 Å². The SMILES string of the molecule is C=CCc1ccccc1OCC(=O)OC. The molecule has 0 aromatic heterocycles. The molecule has 0 atom stereocenters. The van der Waals surface area contributed by atoms with E-state index in [1.165, 1.54) is 7.11 Å². The van der Waals surface area contributed by atoms with Crippen molar-refractivity contribution in [2.24, 2.45) is 0 Å². The van der Waals surface area contributed by atoms with Crippen LogP contribution in [0, 0.1) is 0 Å². The molecule has 1 rings (SSSR count). The van der Waals surface area contributed by atoms with E-state index in [4.69, 9.17) is 4.74 Å². The topological polar surface area (TPSA) is 35.5 Å². The molecule has 3 heteroatoms. The summed E-state index contributed by atoms with van der Waals surface area (Å²) >= 11 is 0. The Bertz CT molecular complexity index is 344. The molecule has 0 aliphatic heterocycles. The lowest BCUT2D eigenvalue weighted by molar-refractivity contribution is -0.142. The van der Waals surface area contributed by atoms with Gasteiger partial charge in [0, 0.05) is 0 Å². The van der Waals surface area contributed by atoms with Crippen molar-refractivity contribution in [2.45, 2.75) is 6.42 Å². The summed E-state index contributed by atoms with van der Waals surface area (Å²) in [5, 5.41) is 0. The van der Waals surface area contributed by atoms with Crippen LogP contribution in [0.1, 0.15) is 5.56 Å². The van der Waals surface area contributed by atoms with Crippen molar-refractivity contribution in [3.8, 4) is 5.75 Å². The molecule has 0 saturated carbocycles. The zero-order chi connectivity index (χ0) is 11.1. The van der Waals surface area contributed by atoms with Crippen LogP contribution in [0.4, 0.5) is 0 Å². The minimum Gasteiger partial charge on any atom is -0.482 e. The highest BCUT2D eigenvalue weighted by Crippen LogP contribution is 2.18. The van der Waals surface area contributed by atoms with E-state index in [0.29, 0.717) is 5.75 Å². The number of benzene rings is 1. The van der Waals surface area contributed by atoms with Crippen LogP contribution in [0.3, 0.4) is 0 Å². The van der Waals surface area contributed by atoms with Crippen molar-refractivity contribution in [1.82, 2.24) is 0 Å². The maximum absolute atomic E-state index is 10.9. The van der Waals surface area contributed by atoms with Gasteiger partial charge < -0.3 is 9.47 Å². The number of esters is 1. The van der Waals surface area contributed by atoms with Crippen molar-refractivity contribution in [1.29, 1.82) is 0 Å². The van der Waals surface area contributed by atoms with E-state index >= 15 is 0 Å². The number of para-hydroxylation sites is 1. The molecular formula is C12H14O3. The third-order valence-electron chi connectivity index (χ3n) is 1.91. The second kappa shape index (κ2) is 5.86. The average molecular weight is 206 g/mol. The van der Waals surface area contributed by atoms with Crippen LogP contribution in [0.15, 0.2) is 36.9 Å². The fourth-order valence-electron chi connectivity index (χ4n) is 1.16. The molecule has 0 radical (unpaired) electrons. The zero-order valence-electron chi connectivity index (χ0n) is 8.73. The first kappa shape index (κ1) is 11.3. The number of hydrogen-bond donors (Lipinski definition) is 0. The largest absolute Gasteiger partial charge is 0.482 e. The van der Waals surface area contributed by atoms with Gasteiger partial charge in [0.1, 0.15) is 5.75 Å². The van der Waals surface area contributed by atoms with Gasteiger partial charge in [0.15, 0.2) is 6.61 Å². The van der Waals surface area contributed by atoms with Crippen LogP contribution in [-0.4, -0.2) is 19.7 Å². The van der Waals surface area contributed by atoms with E-state index in [1.54, 1.807) is 6.08 Å². The molecule has 0 N–H and O–H groups in total. The van der Waals surface area contributed by atoms with Crippen molar-refractivity contribution in [3.05, 3.63) is 42.5 Å². The standard InChI is InChI=1S/C12H14O3/c1-3-6-10-7-4-5-8-11(10)15-9-12(13)14-2/h3-5,7-8H,1,6,9H2,2H3. The Morgan fingerprint density at radius 3 is 2.87 bits per heavy atom. The molecule has 0 aliphatic rings. The molecular weight excluding hydrogens is 192 g/mol. The van der Waals surface area contributed by atoms with Gasteiger partial charge in [-0.2, -0.15) is 0 Å². The Morgan fingerprint density at radius 1 is 1.47 bits per heavy atom. The van der Waals surface area contributed by atoms with Gasteiger partial charge in [0.2, 0.25) is 0 Å². The zero-order valence-corrected chi connectivity index (χ0v) is 8.73. The Kier molecular flexibility index (Phi) is 4.41. The highest BCUT2D eigenvalue weighted by atomic mass is 16.6. The van der Waals surface area contributed by atoms with Crippen molar-refractivity contribution >= 4 is 5.97 Å². The molecule has 0 heterocycles. The van der Waals surface area contributed by atoms with Crippen LogP contribution in [0.5, 0.6) is 5.75 Å². The fraction of sp³-hybridized carbons (Fsp3) is 0.250. The molecule has 0 fully saturated rings. The van der Waals surface area contributed by atoms with Crippen molar-refractivity contribution in [3.63, 3.8) is 0 Å². The number of carbonyl (C=O) groups excluding carboxylic acids is 1. The quantitative estimate of drug-likeness (QED) is 0.545. The number of hydrogen-bond acceptors (Lipinski definition) is 3. The van der Waals surface area contributed by atoms with Gasteiger partial charge in [-0.15, -0.1) is 6.58 Å². The highest BCUT2D eigenvalue weighted by molar-refractivity contribution is 5.70. The first-order chi connectivity index (χ1) is 7.27. The van der Waals surface area contributed by atoms with Crippen molar-refractivity contribution in [2.75, 3.05) is 13.7 Å². The summed E-state index contributed by atoms with van der Waals surface area (Å²) in [6.07, 6.45) is 2.51. The highest BCUT2D eigenvalue weighted by Gasteiger charge is 2.04. The summed E-state index contributed by atoms with van der Waals surface area (Å²) in [7, 11) is 1.33. The summed E-state index contributed by atoms with van der Waals surface area (Å²) in [4.78, 5) is 10.9. The predicted molar refractivity (Wildman–Crippen MR) is 57.9 cm³/mol. The second-order valence-electron chi connectivity index (χ2n) is 2.97. The van der Waals surface area contributed by atoms with E-state index < -0.39 is 0 Å². The van der Waals surface area contributed by atoms with Crippen LogP contribution in [-0.2, 0) is 16.0 Å². The summed E-state index contributed by atoms with van der Waals surface area (Å²) < 4.78 is 9.81. The maximum Gasteiger partial charge on any atom is 0.343 e. The lowest BCUT2D eigenvalue weighted by atomic mass is 10.1. The lowest BCUT2D eigenvalue weighted by Gasteiger charge is -2.08. The molecule has 80 valence electrons. The van der Waals surface area contributed by atoms with E-state index in [2.05, 4.69) is 11.3 Å². The van der Waals surface area contributed by atoms with Crippen molar-refractivity contribution < 1.29 is 14.3 Å². The fourth-order valence-corrected chi connectivity index (χ4v) is 1.16. The third-order valence-corrected chi connectivity index (χ3v) is 1.91. The van der Waals surface area contributed by atoms with E-state index in [1.807, 2.05) is 24.3 Å². The minimum atomic E-state index is -0.386. The van der Waals surface area contributed by atoms with Gasteiger partial charge in [-0.25, -0.2) is 4.79 Å². The predicted octanol–water partition coefficient (Wildman–Crippen LogP) is 1.97. The smallest absolute Gasteiger partial charge is 0.343 e. The van der Waals surface area contributed by atoms with Gasteiger partial charge in [-0.1, -0.05) is 24.3 Å². The molecule has 0 aliphatic carbocycles. The van der Waals surface area contributed by atoms with Crippen LogP contribution >= 0.6 is 0 Å². The molecule has 3 nitrogen and oxygen atoms in total. The minimum absolute atomic E-state index is 0.0648. The first-order valence-electron chi connectivity index (χ1n) is 4.66. The second-order valence-corrected chi connectivity index (χ2v) is 2.97. The Labute approximate surface area is 89.3 Å². The molecule has 0 bridgehead atoms. The number of allylic oxidation sites excluding steroid dienone is 1.